The fourth-order valence-corrected chi connectivity index (χ4v) is 2.14. The summed E-state index contributed by atoms with van der Waals surface area (Å²) in [5.74, 6) is -1.94. The average molecular weight is 269 g/mol. The molecule has 94 valence electrons. The van der Waals surface area contributed by atoms with E-state index in [1.807, 2.05) is 0 Å². The van der Waals surface area contributed by atoms with Crippen molar-refractivity contribution in [2.75, 3.05) is 12.4 Å². The zero-order chi connectivity index (χ0) is 13.1. The monoisotopic (exact) mass is 269 g/mol. The Kier molecular flexibility index (Phi) is 3.57. The summed E-state index contributed by atoms with van der Waals surface area (Å²) in [7, 11) is 1.45. The van der Waals surface area contributed by atoms with Gasteiger partial charge in [0.2, 0.25) is 0 Å². The predicted molar refractivity (Wildman–Crippen MR) is 65.2 cm³/mol. The van der Waals surface area contributed by atoms with Gasteiger partial charge in [0.1, 0.15) is 10.6 Å². The number of hydrogen-bond donors (Lipinski definition) is 1. The normalized spacial score (nSPS) is 10.2. The van der Waals surface area contributed by atoms with Gasteiger partial charge in [-0.15, -0.1) is 11.3 Å². The molecule has 0 unspecified atom stereocenters. The highest BCUT2D eigenvalue weighted by Crippen LogP contribution is 2.25. The number of methoxy groups -OCH3 is 1. The van der Waals surface area contributed by atoms with Crippen molar-refractivity contribution in [3.63, 3.8) is 0 Å². The highest BCUT2D eigenvalue weighted by Gasteiger charge is 2.14. The quantitative estimate of drug-likeness (QED) is 0.928. The maximum atomic E-state index is 13.0. The summed E-state index contributed by atoms with van der Waals surface area (Å²) >= 11 is 1.20. The van der Waals surface area contributed by atoms with Crippen LogP contribution in [-0.2, 0) is 0 Å². The Morgan fingerprint density at radius 3 is 2.72 bits per heavy atom. The zero-order valence-electron chi connectivity index (χ0n) is 9.37. The van der Waals surface area contributed by atoms with E-state index in [1.54, 1.807) is 11.4 Å². The topological polar surface area (TPSA) is 38.3 Å². The number of halogens is 2. The first-order valence-electron chi connectivity index (χ1n) is 4.99. The smallest absolute Gasteiger partial charge is 0.269 e. The lowest BCUT2D eigenvalue weighted by molar-refractivity contribution is 0.102. The molecule has 0 saturated carbocycles. The molecule has 0 atom stereocenters. The van der Waals surface area contributed by atoms with E-state index < -0.39 is 17.5 Å². The molecule has 2 aromatic rings. The van der Waals surface area contributed by atoms with E-state index in [0.717, 1.165) is 12.1 Å². The minimum absolute atomic E-state index is 0.189. The number of rotatable bonds is 3. The molecule has 1 aromatic carbocycles. The number of hydrogen-bond acceptors (Lipinski definition) is 3. The molecule has 0 saturated heterocycles. The SMILES string of the molecule is COc1ccsc1C(=O)Nc1ccc(F)c(F)c1. The number of carbonyl (C=O) groups excluding carboxylic acids is 1. The Hall–Kier alpha value is -1.95. The van der Waals surface area contributed by atoms with Gasteiger partial charge in [-0.3, -0.25) is 4.79 Å². The Morgan fingerprint density at radius 2 is 2.06 bits per heavy atom. The second-order valence-electron chi connectivity index (χ2n) is 3.40. The van der Waals surface area contributed by atoms with Gasteiger partial charge in [-0.1, -0.05) is 0 Å². The molecule has 0 radical (unpaired) electrons. The van der Waals surface area contributed by atoms with Crippen LogP contribution in [0.25, 0.3) is 0 Å². The highest BCUT2D eigenvalue weighted by molar-refractivity contribution is 7.12. The van der Waals surface area contributed by atoms with Crippen molar-refractivity contribution >= 4 is 22.9 Å². The molecule has 0 aliphatic heterocycles. The molecule has 0 spiro atoms. The van der Waals surface area contributed by atoms with Gasteiger partial charge in [-0.25, -0.2) is 8.78 Å². The summed E-state index contributed by atoms with van der Waals surface area (Å²) in [6, 6.07) is 4.82. The van der Waals surface area contributed by atoms with Gasteiger partial charge in [0.15, 0.2) is 11.6 Å². The van der Waals surface area contributed by atoms with Gasteiger partial charge in [-0.05, 0) is 23.6 Å². The standard InChI is InChI=1S/C12H9F2NO2S/c1-17-10-4-5-18-11(10)12(16)15-7-2-3-8(13)9(14)6-7/h2-6H,1H3,(H,15,16). The van der Waals surface area contributed by atoms with Crippen LogP contribution in [0.4, 0.5) is 14.5 Å². The number of benzene rings is 1. The van der Waals surface area contributed by atoms with E-state index in [0.29, 0.717) is 10.6 Å². The summed E-state index contributed by atoms with van der Waals surface area (Å²) in [6.07, 6.45) is 0. The van der Waals surface area contributed by atoms with E-state index >= 15 is 0 Å². The molecule has 1 amide bonds. The van der Waals surface area contributed by atoms with Gasteiger partial charge in [0, 0.05) is 11.8 Å². The number of amides is 1. The van der Waals surface area contributed by atoms with Gasteiger partial charge in [0.25, 0.3) is 5.91 Å². The number of ether oxygens (including phenoxy) is 1. The lowest BCUT2D eigenvalue weighted by atomic mass is 10.3. The van der Waals surface area contributed by atoms with Crippen LogP contribution in [-0.4, -0.2) is 13.0 Å². The molecule has 0 fully saturated rings. The van der Waals surface area contributed by atoms with Crippen LogP contribution in [0, 0.1) is 11.6 Å². The van der Waals surface area contributed by atoms with E-state index in [9.17, 15) is 13.6 Å². The maximum Gasteiger partial charge on any atom is 0.269 e. The fourth-order valence-electron chi connectivity index (χ4n) is 1.39. The van der Waals surface area contributed by atoms with E-state index in [1.165, 1.54) is 24.5 Å². The fraction of sp³-hybridized carbons (Fsp3) is 0.0833. The van der Waals surface area contributed by atoms with Crippen molar-refractivity contribution in [3.8, 4) is 5.75 Å². The van der Waals surface area contributed by atoms with Crippen molar-refractivity contribution < 1.29 is 18.3 Å². The van der Waals surface area contributed by atoms with Gasteiger partial charge >= 0.3 is 0 Å². The minimum Gasteiger partial charge on any atom is -0.495 e. The molecule has 2 rings (SSSR count). The number of thiophene rings is 1. The Labute approximate surface area is 106 Å². The summed E-state index contributed by atoms with van der Waals surface area (Å²) in [4.78, 5) is 12.2. The third-order valence-corrected chi connectivity index (χ3v) is 3.13. The first-order chi connectivity index (χ1) is 8.61. The summed E-state index contributed by atoms with van der Waals surface area (Å²) in [6.45, 7) is 0. The van der Waals surface area contributed by atoms with Gasteiger partial charge in [-0.2, -0.15) is 0 Å². The van der Waals surface area contributed by atoms with Crippen molar-refractivity contribution in [3.05, 3.63) is 46.2 Å². The number of nitrogens with one attached hydrogen (secondary N) is 1. The third kappa shape index (κ3) is 2.48. The zero-order valence-corrected chi connectivity index (χ0v) is 10.2. The lowest BCUT2D eigenvalue weighted by Crippen LogP contribution is -2.11. The Morgan fingerprint density at radius 1 is 1.28 bits per heavy atom. The first-order valence-corrected chi connectivity index (χ1v) is 5.87. The molecule has 18 heavy (non-hydrogen) atoms. The molecule has 0 aliphatic rings. The van der Waals surface area contributed by atoms with E-state index in [2.05, 4.69) is 5.32 Å². The summed E-state index contributed by atoms with van der Waals surface area (Å²) in [5.41, 5.74) is 0.189. The molecule has 1 heterocycles. The molecule has 6 heteroatoms. The van der Waals surface area contributed by atoms with Gasteiger partial charge < -0.3 is 10.1 Å². The second-order valence-corrected chi connectivity index (χ2v) is 4.32. The summed E-state index contributed by atoms with van der Waals surface area (Å²) in [5, 5.41) is 4.18. The predicted octanol–water partition coefficient (Wildman–Crippen LogP) is 3.29. The van der Waals surface area contributed by atoms with Crippen molar-refractivity contribution in [2.45, 2.75) is 0 Å². The first kappa shape index (κ1) is 12.5. The molecule has 0 bridgehead atoms. The second kappa shape index (κ2) is 5.14. The molecule has 1 N–H and O–H groups in total. The molecule has 1 aromatic heterocycles. The van der Waals surface area contributed by atoms with Crippen LogP contribution in [0.5, 0.6) is 5.75 Å². The number of carbonyl (C=O) groups is 1. The minimum atomic E-state index is -1.01. The lowest BCUT2D eigenvalue weighted by Gasteiger charge is -2.05. The average Bonchev–Trinajstić information content (AvgIpc) is 2.82. The largest absolute Gasteiger partial charge is 0.495 e. The van der Waals surface area contributed by atoms with Crippen LogP contribution in [0.2, 0.25) is 0 Å². The van der Waals surface area contributed by atoms with Crippen molar-refractivity contribution in [2.24, 2.45) is 0 Å². The van der Waals surface area contributed by atoms with Gasteiger partial charge in [0.05, 0.1) is 7.11 Å². The number of anilines is 1. The summed E-state index contributed by atoms with van der Waals surface area (Å²) < 4.78 is 30.7. The van der Waals surface area contributed by atoms with Crippen LogP contribution in [0.3, 0.4) is 0 Å². The Balaban J connectivity index is 2.19. The third-order valence-electron chi connectivity index (χ3n) is 2.23. The van der Waals surface area contributed by atoms with Crippen LogP contribution in [0.1, 0.15) is 9.67 Å². The van der Waals surface area contributed by atoms with Crippen LogP contribution < -0.4 is 10.1 Å². The van der Waals surface area contributed by atoms with Crippen LogP contribution in [0.15, 0.2) is 29.6 Å². The van der Waals surface area contributed by atoms with Crippen molar-refractivity contribution in [1.82, 2.24) is 0 Å². The van der Waals surface area contributed by atoms with Crippen LogP contribution >= 0.6 is 11.3 Å². The van der Waals surface area contributed by atoms with Crippen molar-refractivity contribution in [1.29, 1.82) is 0 Å². The highest BCUT2D eigenvalue weighted by atomic mass is 32.1. The molecular formula is C12H9F2NO2S. The Bertz CT molecular complexity index is 583. The molecule has 3 nitrogen and oxygen atoms in total. The van der Waals surface area contributed by atoms with E-state index in [-0.39, 0.29) is 5.69 Å². The molecule has 0 aliphatic carbocycles. The molecular weight excluding hydrogens is 260 g/mol. The maximum absolute atomic E-state index is 13.0. The van der Waals surface area contributed by atoms with E-state index in [4.69, 9.17) is 4.74 Å².